The van der Waals surface area contributed by atoms with Gasteiger partial charge >= 0.3 is 0 Å². The molecule has 3 rings (SSSR count). The first-order chi connectivity index (χ1) is 9.25. The maximum absolute atomic E-state index is 4.47. The molecule has 1 fully saturated rings. The molecule has 1 aromatic carbocycles. The van der Waals surface area contributed by atoms with Gasteiger partial charge in [-0.1, -0.05) is 12.1 Å². The molecule has 2 aromatic rings. The van der Waals surface area contributed by atoms with Gasteiger partial charge in [0.2, 0.25) is 0 Å². The van der Waals surface area contributed by atoms with E-state index in [0.29, 0.717) is 5.92 Å². The summed E-state index contributed by atoms with van der Waals surface area (Å²) in [7, 11) is 0. The summed E-state index contributed by atoms with van der Waals surface area (Å²) in [5.74, 6) is 0.602. The predicted molar refractivity (Wildman–Crippen MR) is 81.7 cm³/mol. The van der Waals surface area contributed by atoms with Crippen molar-refractivity contribution in [2.45, 2.75) is 25.7 Å². The molecular weight excluding hydrogens is 302 g/mol. The SMILES string of the molecule is Cc1[nH]cnc1C1CCN(c2ccccc2Br)CC1. The van der Waals surface area contributed by atoms with Gasteiger partial charge in [0.15, 0.2) is 0 Å². The molecule has 19 heavy (non-hydrogen) atoms. The molecule has 1 N–H and O–H groups in total. The largest absolute Gasteiger partial charge is 0.371 e. The number of piperidine rings is 1. The molecule has 1 aliphatic heterocycles. The zero-order chi connectivity index (χ0) is 13.2. The zero-order valence-electron chi connectivity index (χ0n) is 11.1. The van der Waals surface area contributed by atoms with E-state index in [9.17, 15) is 0 Å². The molecule has 4 heteroatoms. The lowest BCUT2D eigenvalue weighted by atomic mass is 9.92. The second-order valence-corrected chi connectivity index (χ2v) is 5.98. The Bertz CT molecular complexity index is 556. The highest BCUT2D eigenvalue weighted by Gasteiger charge is 2.24. The summed E-state index contributed by atoms with van der Waals surface area (Å²) >= 11 is 3.64. The van der Waals surface area contributed by atoms with Gasteiger partial charge in [-0.05, 0) is 47.8 Å². The summed E-state index contributed by atoms with van der Waals surface area (Å²) in [6.07, 6.45) is 4.16. The fourth-order valence-corrected chi connectivity index (χ4v) is 3.42. The van der Waals surface area contributed by atoms with Crippen LogP contribution in [0, 0.1) is 6.92 Å². The van der Waals surface area contributed by atoms with Crippen molar-refractivity contribution in [3.8, 4) is 0 Å². The lowest BCUT2D eigenvalue weighted by Gasteiger charge is -2.33. The van der Waals surface area contributed by atoms with Crippen LogP contribution in [0.5, 0.6) is 0 Å². The Kier molecular flexibility index (Phi) is 3.60. The fraction of sp³-hybridized carbons (Fsp3) is 0.400. The minimum Gasteiger partial charge on any atom is -0.371 e. The van der Waals surface area contributed by atoms with E-state index < -0.39 is 0 Å². The number of hydrogen-bond donors (Lipinski definition) is 1. The molecule has 0 aliphatic carbocycles. The van der Waals surface area contributed by atoms with E-state index >= 15 is 0 Å². The summed E-state index contributed by atoms with van der Waals surface area (Å²) in [4.78, 5) is 10.1. The Morgan fingerprint density at radius 3 is 2.63 bits per heavy atom. The molecular formula is C15H18BrN3. The van der Waals surface area contributed by atoms with E-state index in [-0.39, 0.29) is 0 Å². The normalized spacial score (nSPS) is 16.8. The van der Waals surface area contributed by atoms with Crippen molar-refractivity contribution >= 4 is 21.6 Å². The molecule has 0 unspecified atom stereocenters. The number of imidazole rings is 1. The van der Waals surface area contributed by atoms with Crippen LogP contribution in [0.3, 0.4) is 0 Å². The molecule has 0 amide bonds. The Labute approximate surface area is 122 Å². The van der Waals surface area contributed by atoms with Crippen LogP contribution in [0.1, 0.15) is 30.1 Å². The van der Waals surface area contributed by atoms with Gasteiger partial charge in [0.25, 0.3) is 0 Å². The van der Waals surface area contributed by atoms with Crippen LogP contribution in [0.4, 0.5) is 5.69 Å². The Morgan fingerprint density at radius 1 is 1.26 bits per heavy atom. The molecule has 0 spiro atoms. The van der Waals surface area contributed by atoms with Crippen molar-refractivity contribution in [3.05, 3.63) is 46.5 Å². The summed E-state index contributed by atoms with van der Waals surface area (Å²) in [5, 5.41) is 0. The van der Waals surface area contributed by atoms with Crippen molar-refractivity contribution in [2.24, 2.45) is 0 Å². The van der Waals surface area contributed by atoms with Crippen molar-refractivity contribution in [1.29, 1.82) is 0 Å². The maximum atomic E-state index is 4.47. The minimum atomic E-state index is 0.602. The van der Waals surface area contributed by atoms with Crippen LogP contribution < -0.4 is 4.90 Å². The molecule has 0 bridgehead atoms. The van der Waals surface area contributed by atoms with Crippen molar-refractivity contribution in [2.75, 3.05) is 18.0 Å². The van der Waals surface area contributed by atoms with Crippen molar-refractivity contribution in [1.82, 2.24) is 9.97 Å². The average molecular weight is 320 g/mol. The van der Waals surface area contributed by atoms with Gasteiger partial charge in [-0.15, -0.1) is 0 Å². The van der Waals surface area contributed by atoms with Gasteiger partial charge in [0.1, 0.15) is 0 Å². The molecule has 1 aliphatic rings. The van der Waals surface area contributed by atoms with Gasteiger partial charge in [-0.25, -0.2) is 4.98 Å². The number of halogens is 1. The Hall–Kier alpha value is -1.29. The van der Waals surface area contributed by atoms with E-state index in [0.717, 1.165) is 13.1 Å². The number of aromatic amines is 1. The van der Waals surface area contributed by atoms with Crippen LogP contribution >= 0.6 is 15.9 Å². The first kappa shape index (κ1) is 12.7. The number of para-hydroxylation sites is 1. The standard InChI is InChI=1S/C15H18BrN3/c1-11-15(18-10-17-11)12-6-8-19(9-7-12)14-5-3-2-4-13(14)16/h2-5,10,12H,6-9H2,1H3,(H,17,18). The van der Waals surface area contributed by atoms with Crippen LogP contribution in [-0.2, 0) is 0 Å². The molecule has 0 atom stereocenters. The van der Waals surface area contributed by atoms with Gasteiger partial charge in [0.05, 0.1) is 17.7 Å². The lowest BCUT2D eigenvalue weighted by Crippen LogP contribution is -2.33. The number of nitrogens with one attached hydrogen (secondary N) is 1. The maximum Gasteiger partial charge on any atom is 0.0925 e. The summed E-state index contributed by atoms with van der Waals surface area (Å²) < 4.78 is 1.18. The zero-order valence-corrected chi connectivity index (χ0v) is 12.7. The average Bonchev–Trinajstić information content (AvgIpc) is 2.86. The summed E-state index contributed by atoms with van der Waals surface area (Å²) in [6.45, 7) is 4.31. The summed E-state index contributed by atoms with van der Waals surface area (Å²) in [5.41, 5.74) is 3.78. The summed E-state index contributed by atoms with van der Waals surface area (Å²) in [6, 6.07) is 8.46. The van der Waals surface area contributed by atoms with E-state index in [1.807, 2.05) is 6.33 Å². The molecule has 2 heterocycles. The monoisotopic (exact) mass is 319 g/mol. The third kappa shape index (κ3) is 2.54. The van der Waals surface area contributed by atoms with Crippen LogP contribution in [0.15, 0.2) is 35.1 Å². The molecule has 3 nitrogen and oxygen atoms in total. The number of benzene rings is 1. The molecule has 1 saturated heterocycles. The molecule has 1 aromatic heterocycles. The first-order valence-electron chi connectivity index (χ1n) is 6.75. The van der Waals surface area contributed by atoms with Crippen LogP contribution in [0.2, 0.25) is 0 Å². The topological polar surface area (TPSA) is 31.9 Å². The Morgan fingerprint density at radius 2 is 2.00 bits per heavy atom. The van der Waals surface area contributed by atoms with E-state index in [4.69, 9.17) is 0 Å². The van der Waals surface area contributed by atoms with E-state index in [1.54, 1.807) is 0 Å². The number of nitrogens with zero attached hydrogens (tertiary/aromatic N) is 2. The Balaban J connectivity index is 1.70. The van der Waals surface area contributed by atoms with E-state index in [2.05, 4.69) is 62.0 Å². The molecule has 100 valence electrons. The number of hydrogen-bond acceptors (Lipinski definition) is 2. The van der Waals surface area contributed by atoms with Crippen molar-refractivity contribution in [3.63, 3.8) is 0 Å². The molecule has 0 radical (unpaired) electrons. The number of H-pyrrole nitrogens is 1. The first-order valence-corrected chi connectivity index (χ1v) is 7.54. The molecule has 0 saturated carbocycles. The smallest absolute Gasteiger partial charge is 0.0925 e. The highest BCUT2D eigenvalue weighted by Crippen LogP contribution is 2.33. The number of rotatable bonds is 2. The minimum absolute atomic E-state index is 0.602. The van der Waals surface area contributed by atoms with Gasteiger partial charge in [-0.2, -0.15) is 0 Å². The number of aromatic nitrogens is 2. The number of aryl methyl sites for hydroxylation is 1. The van der Waals surface area contributed by atoms with E-state index in [1.165, 1.54) is 34.4 Å². The van der Waals surface area contributed by atoms with Gasteiger partial charge < -0.3 is 9.88 Å². The number of anilines is 1. The highest BCUT2D eigenvalue weighted by molar-refractivity contribution is 9.10. The quantitative estimate of drug-likeness (QED) is 0.911. The van der Waals surface area contributed by atoms with Crippen LogP contribution in [0.25, 0.3) is 0 Å². The third-order valence-electron chi connectivity index (χ3n) is 3.94. The predicted octanol–water partition coefficient (Wildman–Crippen LogP) is 3.86. The fourth-order valence-electron chi connectivity index (χ4n) is 2.88. The second-order valence-electron chi connectivity index (χ2n) is 5.13. The van der Waals surface area contributed by atoms with Gasteiger partial charge in [-0.3, -0.25) is 0 Å². The van der Waals surface area contributed by atoms with Crippen LogP contribution in [-0.4, -0.2) is 23.1 Å². The second kappa shape index (κ2) is 5.37. The van der Waals surface area contributed by atoms with Crippen molar-refractivity contribution < 1.29 is 0 Å². The third-order valence-corrected chi connectivity index (χ3v) is 4.61. The highest BCUT2D eigenvalue weighted by atomic mass is 79.9. The lowest BCUT2D eigenvalue weighted by molar-refractivity contribution is 0.495. The van der Waals surface area contributed by atoms with Gasteiger partial charge in [0, 0.05) is 29.2 Å².